The molecule has 0 bridgehead atoms. The summed E-state index contributed by atoms with van der Waals surface area (Å²) in [6, 6.07) is 17.1. The minimum absolute atomic E-state index is 0.0640. The summed E-state index contributed by atoms with van der Waals surface area (Å²) in [5.74, 6) is -0.0958. The largest absolute Gasteiger partial charge is 0.495 e. The Bertz CT molecular complexity index is 1230. The van der Waals surface area contributed by atoms with E-state index in [4.69, 9.17) is 9.47 Å². The Labute approximate surface area is 199 Å². The first kappa shape index (κ1) is 25.0. The topological polar surface area (TPSA) is 84.9 Å². The lowest BCUT2D eigenvalue weighted by Gasteiger charge is -2.26. The monoisotopic (exact) mass is 486 g/mol. The zero-order valence-corrected chi connectivity index (χ0v) is 20.1. The van der Waals surface area contributed by atoms with Crippen LogP contribution in [-0.2, 0) is 14.8 Å². The van der Waals surface area contributed by atoms with Gasteiger partial charge in [0.15, 0.2) is 0 Å². The average molecular weight is 487 g/mol. The maximum absolute atomic E-state index is 13.5. The van der Waals surface area contributed by atoms with Crippen LogP contribution in [0.4, 0.5) is 10.1 Å². The molecule has 0 heterocycles. The van der Waals surface area contributed by atoms with Crippen LogP contribution in [0.3, 0.4) is 0 Å². The molecule has 1 amide bonds. The van der Waals surface area contributed by atoms with Crippen molar-refractivity contribution in [1.29, 1.82) is 0 Å². The van der Waals surface area contributed by atoms with Gasteiger partial charge in [-0.05, 0) is 67.9 Å². The van der Waals surface area contributed by atoms with Crippen LogP contribution in [-0.4, -0.2) is 41.1 Å². The summed E-state index contributed by atoms with van der Waals surface area (Å²) in [6.45, 7) is 3.51. The van der Waals surface area contributed by atoms with Crippen LogP contribution in [0.25, 0.3) is 0 Å². The number of amides is 1. The lowest BCUT2D eigenvalue weighted by atomic mass is 10.2. The predicted molar refractivity (Wildman–Crippen MR) is 128 cm³/mol. The number of carbonyl (C=O) groups excluding carboxylic acids is 1. The molecule has 3 aromatic carbocycles. The smallest absolute Gasteiger partial charge is 0.264 e. The van der Waals surface area contributed by atoms with Crippen molar-refractivity contribution >= 4 is 21.6 Å². The van der Waals surface area contributed by atoms with Crippen LogP contribution in [0, 0.1) is 19.7 Å². The van der Waals surface area contributed by atoms with Crippen LogP contribution < -0.4 is 19.1 Å². The Morgan fingerprint density at radius 2 is 1.62 bits per heavy atom. The first-order valence-electron chi connectivity index (χ1n) is 10.6. The average Bonchev–Trinajstić information content (AvgIpc) is 2.81. The lowest BCUT2D eigenvalue weighted by molar-refractivity contribution is -0.119. The highest BCUT2D eigenvalue weighted by atomic mass is 32.2. The fraction of sp³-hybridized carbons (Fsp3) is 0.240. The minimum atomic E-state index is -4.07. The number of rotatable bonds is 10. The van der Waals surface area contributed by atoms with Crippen LogP contribution >= 0.6 is 0 Å². The normalized spacial score (nSPS) is 11.1. The van der Waals surface area contributed by atoms with Gasteiger partial charge >= 0.3 is 0 Å². The van der Waals surface area contributed by atoms with Crippen molar-refractivity contribution in [2.45, 2.75) is 18.7 Å². The second-order valence-corrected chi connectivity index (χ2v) is 9.51. The number of benzene rings is 3. The van der Waals surface area contributed by atoms with E-state index in [2.05, 4.69) is 5.32 Å². The van der Waals surface area contributed by atoms with Crippen LogP contribution in [0.5, 0.6) is 11.5 Å². The molecule has 3 aromatic rings. The van der Waals surface area contributed by atoms with E-state index in [1.54, 1.807) is 30.3 Å². The maximum atomic E-state index is 13.5. The second kappa shape index (κ2) is 11.0. The molecule has 3 rings (SSSR count). The highest BCUT2D eigenvalue weighted by molar-refractivity contribution is 7.92. The van der Waals surface area contributed by atoms with Gasteiger partial charge in [0.2, 0.25) is 5.91 Å². The highest BCUT2D eigenvalue weighted by Gasteiger charge is 2.29. The summed E-state index contributed by atoms with van der Waals surface area (Å²) in [5.41, 5.74) is 1.99. The van der Waals surface area contributed by atoms with E-state index in [0.717, 1.165) is 15.4 Å². The first-order chi connectivity index (χ1) is 16.2. The van der Waals surface area contributed by atoms with Crippen LogP contribution in [0.15, 0.2) is 71.6 Å². The van der Waals surface area contributed by atoms with Gasteiger partial charge in [0.25, 0.3) is 10.0 Å². The third kappa shape index (κ3) is 6.26. The molecule has 0 atom stereocenters. The molecule has 180 valence electrons. The van der Waals surface area contributed by atoms with E-state index >= 15 is 0 Å². The van der Waals surface area contributed by atoms with Gasteiger partial charge in [0.05, 0.1) is 24.2 Å². The lowest BCUT2D eigenvalue weighted by Crippen LogP contribution is -2.42. The number of nitrogens with zero attached hydrogens (tertiary/aromatic N) is 1. The second-order valence-electron chi connectivity index (χ2n) is 7.65. The molecule has 0 aliphatic carbocycles. The molecule has 0 spiro atoms. The van der Waals surface area contributed by atoms with Crippen molar-refractivity contribution in [3.8, 4) is 11.5 Å². The van der Waals surface area contributed by atoms with Crippen molar-refractivity contribution < 1.29 is 27.1 Å². The number of anilines is 1. The van der Waals surface area contributed by atoms with Gasteiger partial charge in [0, 0.05) is 0 Å². The fourth-order valence-corrected chi connectivity index (χ4v) is 4.63. The van der Waals surface area contributed by atoms with Gasteiger partial charge in [-0.3, -0.25) is 9.10 Å². The van der Waals surface area contributed by atoms with E-state index < -0.39 is 22.5 Å². The maximum Gasteiger partial charge on any atom is 0.264 e. The van der Waals surface area contributed by atoms with E-state index in [1.165, 1.54) is 43.5 Å². The molecule has 1 N–H and O–H groups in total. The number of halogens is 1. The Morgan fingerprint density at radius 1 is 0.971 bits per heavy atom. The number of hydrogen-bond donors (Lipinski definition) is 1. The van der Waals surface area contributed by atoms with E-state index in [0.29, 0.717) is 11.5 Å². The number of ether oxygens (including phenoxy) is 2. The van der Waals surface area contributed by atoms with Gasteiger partial charge in [-0.25, -0.2) is 12.8 Å². The van der Waals surface area contributed by atoms with Crippen LogP contribution in [0.2, 0.25) is 0 Å². The zero-order chi connectivity index (χ0) is 24.7. The minimum Gasteiger partial charge on any atom is -0.495 e. The molecule has 0 aliphatic rings. The Balaban J connectivity index is 1.78. The highest BCUT2D eigenvalue weighted by Crippen LogP contribution is 2.33. The number of aryl methyl sites for hydroxylation is 2. The van der Waals surface area contributed by atoms with Crippen LogP contribution in [0.1, 0.15) is 11.1 Å². The quantitative estimate of drug-likeness (QED) is 0.440. The van der Waals surface area contributed by atoms with Gasteiger partial charge in [0.1, 0.15) is 30.5 Å². The van der Waals surface area contributed by atoms with Gasteiger partial charge in [-0.1, -0.05) is 23.8 Å². The molecule has 0 aliphatic heterocycles. The number of carbonyl (C=O) groups is 1. The van der Waals surface area contributed by atoms with Crippen molar-refractivity contribution in [3.63, 3.8) is 0 Å². The number of nitrogens with one attached hydrogen (secondary N) is 1. The Hall–Kier alpha value is -3.59. The molecule has 0 aromatic heterocycles. The standard InChI is InChI=1S/C25H27FN2O5S/c1-18-4-11-22(12-5-18)34(30,31)28(23-16-19(2)6-13-24(23)32-3)17-25(29)27-14-15-33-21-9-7-20(26)8-10-21/h4-13,16H,14-15,17H2,1-3H3,(H,27,29). The summed E-state index contributed by atoms with van der Waals surface area (Å²) >= 11 is 0. The summed E-state index contributed by atoms with van der Waals surface area (Å²) in [7, 11) is -2.63. The molecular formula is C25H27FN2O5S. The van der Waals surface area contributed by atoms with Gasteiger partial charge in [-0.15, -0.1) is 0 Å². The third-order valence-electron chi connectivity index (χ3n) is 5.01. The number of methoxy groups -OCH3 is 1. The number of sulfonamides is 1. The van der Waals surface area contributed by atoms with E-state index in [9.17, 15) is 17.6 Å². The number of hydrogen-bond acceptors (Lipinski definition) is 5. The molecule has 34 heavy (non-hydrogen) atoms. The van der Waals surface area contributed by atoms with Crippen molar-refractivity contribution in [2.24, 2.45) is 0 Å². The zero-order valence-electron chi connectivity index (χ0n) is 19.2. The van der Waals surface area contributed by atoms with Crippen molar-refractivity contribution in [3.05, 3.63) is 83.7 Å². The molecule has 0 fully saturated rings. The van der Waals surface area contributed by atoms with E-state index in [1.807, 2.05) is 13.8 Å². The molecule has 9 heteroatoms. The van der Waals surface area contributed by atoms with Gasteiger partial charge in [-0.2, -0.15) is 0 Å². The summed E-state index contributed by atoms with van der Waals surface area (Å²) < 4.78 is 52.0. The van der Waals surface area contributed by atoms with E-state index in [-0.39, 0.29) is 29.6 Å². The molecular weight excluding hydrogens is 459 g/mol. The predicted octanol–water partition coefficient (Wildman–Crippen LogP) is 3.84. The molecule has 7 nitrogen and oxygen atoms in total. The van der Waals surface area contributed by atoms with Crippen molar-refractivity contribution in [1.82, 2.24) is 5.32 Å². The molecule has 0 unspecified atom stereocenters. The van der Waals surface area contributed by atoms with Gasteiger partial charge < -0.3 is 14.8 Å². The summed E-state index contributed by atoms with van der Waals surface area (Å²) in [4.78, 5) is 12.8. The Kier molecular flexibility index (Phi) is 8.12. The summed E-state index contributed by atoms with van der Waals surface area (Å²) in [5, 5.41) is 2.66. The molecule has 0 radical (unpaired) electrons. The Morgan fingerprint density at radius 3 is 2.26 bits per heavy atom. The third-order valence-corrected chi connectivity index (χ3v) is 6.78. The first-order valence-corrected chi connectivity index (χ1v) is 12.0. The summed E-state index contributed by atoms with van der Waals surface area (Å²) in [6.07, 6.45) is 0. The molecule has 0 saturated carbocycles. The molecule has 0 saturated heterocycles. The fourth-order valence-electron chi connectivity index (χ4n) is 3.21. The SMILES string of the molecule is COc1ccc(C)cc1N(CC(=O)NCCOc1ccc(F)cc1)S(=O)(=O)c1ccc(C)cc1. The van der Waals surface area contributed by atoms with Crippen molar-refractivity contribution in [2.75, 3.05) is 31.1 Å².